The minimum Gasteiger partial charge on any atom is -0.349 e. The molecule has 0 fully saturated rings. The molecule has 0 aliphatic rings. The first-order valence-corrected chi connectivity index (χ1v) is 21.6. The Hall–Kier alpha value is 0.788. The van der Waals surface area contributed by atoms with Crippen LogP contribution in [0.1, 0.15) is 0 Å². The van der Waals surface area contributed by atoms with Crippen LogP contribution in [-0.2, 0) is 0 Å². The zero-order chi connectivity index (χ0) is 17.2. The van der Waals surface area contributed by atoms with E-state index in [1.807, 2.05) is 0 Å². The summed E-state index contributed by atoms with van der Waals surface area (Å²) in [6.07, 6.45) is 0. The number of nitrogens with zero attached hydrogens (tertiary/aromatic N) is 2. The second kappa shape index (κ2) is 7.37. The van der Waals surface area contributed by atoms with E-state index in [2.05, 4.69) is 101 Å². The zero-order valence-electron chi connectivity index (χ0n) is 16.9. The molecule has 0 aromatic heterocycles. The summed E-state index contributed by atoms with van der Waals surface area (Å²) in [5, 5.41) is 0. The molecule has 2 nitrogen and oxygen atoms in total. The standard InChI is InChI=1S/2C7H21NSi2/c2*1-8(9(2,3)4)10(5,6)7/h2*1-7H3. The number of hydrogen-bond donors (Lipinski definition) is 0. The van der Waals surface area contributed by atoms with Crippen molar-refractivity contribution in [3.8, 4) is 0 Å². The monoisotopic (exact) mass is 350 g/mol. The maximum atomic E-state index is 2.65. The van der Waals surface area contributed by atoms with Gasteiger partial charge in [0.05, 0.1) is 0 Å². The summed E-state index contributed by atoms with van der Waals surface area (Å²) in [5.41, 5.74) is 0. The van der Waals surface area contributed by atoms with E-state index in [-0.39, 0.29) is 0 Å². The summed E-state index contributed by atoms with van der Waals surface area (Å²) in [6, 6.07) is 0. The van der Waals surface area contributed by atoms with Crippen LogP contribution in [0.5, 0.6) is 0 Å². The maximum absolute atomic E-state index is 2.65. The molecule has 6 heteroatoms. The van der Waals surface area contributed by atoms with Crippen molar-refractivity contribution >= 4 is 32.9 Å². The Morgan fingerprint density at radius 2 is 0.450 bits per heavy atom. The van der Waals surface area contributed by atoms with Crippen molar-refractivity contribution in [2.45, 2.75) is 78.6 Å². The average Bonchev–Trinajstić information content (AvgIpc) is 2.10. The summed E-state index contributed by atoms with van der Waals surface area (Å²) < 4.78 is 5.31. The Morgan fingerprint density at radius 3 is 0.450 bits per heavy atom. The minimum atomic E-state index is -1.00. The van der Waals surface area contributed by atoms with E-state index < -0.39 is 32.9 Å². The van der Waals surface area contributed by atoms with E-state index >= 15 is 0 Å². The first-order chi connectivity index (χ1) is 8.31. The number of rotatable bonds is 4. The van der Waals surface area contributed by atoms with Crippen molar-refractivity contribution < 1.29 is 0 Å². The van der Waals surface area contributed by atoms with Crippen LogP contribution < -0.4 is 0 Å². The van der Waals surface area contributed by atoms with E-state index in [0.29, 0.717) is 0 Å². The lowest BCUT2D eigenvalue weighted by Gasteiger charge is -2.40. The zero-order valence-corrected chi connectivity index (χ0v) is 20.9. The van der Waals surface area contributed by atoms with Gasteiger partial charge in [-0.25, -0.2) is 0 Å². The molecule has 0 heterocycles. The van der Waals surface area contributed by atoms with Crippen LogP contribution in [0.4, 0.5) is 0 Å². The summed E-state index contributed by atoms with van der Waals surface area (Å²) in [6.45, 7) is 28.9. The molecule has 0 N–H and O–H groups in total. The van der Waals surface area contributed by atoms with Gasteiger partial charge < -0.3 is 8.46 Å². The van der Waals surface area contributed by atoms with Crippen LogP contribution in [0.3, 0.4) is 0 Å². The Bertz CT molecular complexity index is 222. The lowest BCUT2D eigenvalue weighted by atomic mass is 11.6. The van der Waals surface area contributed by atoms with Crippen molar-refractivity contribution in [1.82, 2.24) is 8.46 Å². The fraction of sp³-hybridized carbons (Fsp3) is 1.00. The Balaban J connectivity index is 0. The van der Waals surface area contributed by atoms with Crippen LogP contribution >= 0.6 is 0 Å². The van der Waals surface area contributed by atoms with Gasteiger partial charge >= 0.3 is 0 Å². The number of hydrogen-bond acceptors (Lipinski definition) is 2. The predicted molar refractivity (Wildman–Crippen MR) is 109 cm³/mol. The Labute approximate surface area is 134 Å². The van der Waals surface area contributed by atoms with Gasteiger partial charge in [-0.15, -0.1) is 0 Å². The van der Waals surface area contributed by atoms with Gasteiger partial charge in [-0.2, -0.15) is 0 Å². The quantitative estimate of drug-likeness (QED) is 0.645. The SMILES string of the molecule is CN([Si](C)(C)C)[Si](C)(C)C.CN([Si](C)(C)C)[Si](C)(C)C. The molecule has 0 radical (unpaired) electrons. The van der Waals surface area contributed by atoms with Gasteiger partial charge in [-0.3, -0.25) is 0 Å². The van der Waals surface area contributed by atoms with Gasteiger partial charge in [0.1, 0.15) is 32.9 Å². The van der Waals surface area contributed by atoms with Gasteiger partial charge in [0.2, 0.25) is 0 Å². The molecule has 0 saturated carbocycles. The summed E-state index contributed by atoms with van der Waals surface area (Å²) in [5.74, 6) is 0. The molecule has 0 aliphatic carbocycles. The van der Waals surface area contributed by atoms with Gasteiger partial charge in [0.15, 0.2) is 0 Å². The van der Waals surface area contributed by atoms with Crippen molar-refractivity contribution in [1.29, 1.82) is 0 Å². The average molecular weight is 351 g/mol. The van der Waals surface area contributed by atoms with Gasteiger partial charge in [0.25, 0.3) is 0 Å². The third-order valence-electron chi connectivity index (χ3n) is 4.02. The van der Waals surface area contributed by atoms with E-state index in [9.17, 15) is 0 Å². The van der Waals surface area contributed by atoms with Crippen LogP contribution in [0, 0.1) is 0 Å². The highest BCUT2D eigenvalue weighted by Crippen LogP contribution is 2.16. The largest absolute Gasteiger partial charge is 0.349 e. The molecule has 20 heavy (non-hydrogen) atoms. The Kier molecular flexibility index (Phi) is 8.50. The van der Waals surface area contributed by atoms with Crippen LogP contribution in [0.15, 0.2) is 0 Å². The van der Waals surface area contributed by atoms with Crippen molar-refractivity contribution in [3.63, 3.8) is 0 Å². The molecular formula is C14H42N2Si4. The normalized spacial score (nSPS) is 14.4. The predicted octanol–water partition coefficient (Wildman–Crippen LogP) is 5.18. The summed E-state index contributed by atoms with van der Waals surface area (Å²) in [4.78, 5) is 0. The maximum Gasteiger partial charge on any atom is 0.112 e. The topological polar surface area (TPSA) is 6.48 Å². The summed E-state index contributed by atoms with van der Waals surface area (Å²) >= 11 is 0. The van der Waals surface area contributed by atoms with Crippen LogP contribution in [0.2, 0.25) is 78.6 Å². The van der Waals surface area contributed by atoms with Crippen molar-refractivity contribution in [2.24, 2.45) is 0 Å². The van der Waals surface area contributed by atoms with Gasteiger partial charge in [-0.05, 0) is 14.1 Å². The molecule has 0 aromatic carbocycles. The molecular weight excluding hydrogens is 309 g/mol. The van der Waals surface area contributed by atoms with E-state index in [4.69, 9.17) is 0 Å². The van der Waals surface area contributed by atoms with Crippen LogP contribution in [0.25, 0.3) is 0 Å². The molecule has 0 saturated heterocycles. The highest BCUT2D eigenvalue weighted by atomic mass is 28.4. The molecule has 0 atom stereocenters. The molecule has 0 unspecified atom stereocenters. The first-order valence-electron chi connectivity index (χ1n) is 7.79. The van der Waals surface area contributed by atoms with Crippen LogP contribution in [-0.4, -0.2) is 55.5 Å². The molecule has 0 rings (SSSR count). The smallest absolute Gasteiger partial charge is 0.112 e. The third kappa shape index (κ3) is 9.67. The lowest BCUT2D eigenvalue weighted by Crippen LogP contribution is -2.56. The highest BCUT2D eigenvalue weighted by molar-refractivity contribution is 6.90. The third-order valence-corrected chi connectivity index (χ3v) is 20.1. The van der Waals surface area contributed by atoms with E-state index in [1.54, 1.807) is 0 Å². The fourth-order valence-corrected chi connectivity index (χ4v) is 18.1. The first kappa shape index (κ1) is 23.1. The Morgan fingerprint density at radius 1 is 0.350 bits per heavy atom. The van der Waals surface area contributed by atoms with Crippen molar-refractivity contribution in [3.05, 3.63) is 0 Å². The fourth-order valence-electron chi connectivity index (χ4n) is 2.01. The second-order valence-corrected chi connectivity index (χ2v) is 30.7. The molecule has 0 amide bonds. The molecule has 0 aliphatic heterocycles. The molecule has 0 spiro atoms. The van der Waals surface area contributed by atoms with Gasteiger partial charge in [-0.1, -0.05) is 78.6 Å². The second-order valence-electron chi connectivity index (χ2n) is 9.80. The van der Waals surface area contributed by atoms with Crippen molar-refractivity contribution in [2.75, 3.05) is 14.1 Å². The molecule has 0 aromatic rings. The molecule has 0 bridgehead atoms. The van der Waals surface area contributed by atoms with E-state index in [1.165, 1.54) is 0 Å². The summed E-state index contributed by atoms with van der Waals surface area (Å²) in [7, 11) is 0.576. The minimum absolute atomic E-state index is 1.00. The highest BCUT2D eigenvalue weighted by Gasteiger charge is 2.31. The lowest BCUT2D eigenvalue weighted by molar-refractivity contribution is 0.758. The molecule has 124 valence electrons. The van der Waals surface area contributed by atoms with Gasteiger partial charge in [0, 0.05) is 0 Å². The van der Waals surface area contributed by atoms with E-state index in [0.717, 1.165) is 0 Å².